The van der Waals surface area contributed by atoms with E-state index in [0.717, 1.165) is 60.3 Å². The summed E-state index contributed by atoms with van der Waals surface area (Å²) in [6, 6.07) is 19.8. The van der Waals surface area contributed by atoms with E-state index in [-0.39, 0.29) is 42.3 Å². The van der Waals surface area contributed by atoms with E-state index >= 15 is 0 Å². The number of anilines is 1. The predicted octanol–water partition coefficient (Wildman–Crippen LogP) is 6.46. The van der Waals surface area contributed by atoms with Crippen molar-refractivity contribution >= 4 is 29.1 Å². The standard InChI is InChI=1S/C34H40ClN3O4/c1-5-21(2)42-31-20-29-26(18-30(31)41-4)19-32(39)38(33(29)24-6-10-27(35)11-7-24)28-12-8-23(9-13-28)22(3)37-16-14-25(15-17-37)34(36)40/h6-13,18,20-22,25,33H,5,14-17,19H2,1-4H3,(H2,36,40). The molecule has 2 aliphatic heterocycles. The summed E-state index contributed by atoms with van der Waals surface area (Å²) >= 11 is 6.26. The van der Waals surface area contributed by atoms with Gasteiger partial charge in [-0.2, -0.15) is 0 Å². The zero-order chi connectivity index (χ0) is 30.0. The first kappa shape index (κ1) is 29.9. The van der Waals surface area contributed by atoms with Gasteiger partial charge in [-0.1, -0.05) is 42.8 Å². The summed E-state index contributed by atoms with van der Waals surface area (Å²) in [4.78, 5) is 29.7. The van der Waals surface area contributed by atoms with Crippen LogP contribution < -0.4 is 20.1 Å². The van der Waals surface area contributed by atoms with Crippen molar-refractivity contribution in [3.05, 3.63) is 87.9 Å². The first-order valence-corrected chi connectivity index (χ1v) is 15.2. The van der Waals surface area contributed by atoms with E-state index in [2.05, 4.69) is 30.9 Å². The predicted molar refractivity (Wildman–Crippen MR) is 166 cm³/mol. The van der Waals surface area contributed by atoms with Crippen molar-refractivity contribution in [2.45, 2.75) is 64.6 Å². The second-order valence-corrected chi connectivity index (χ2v) is 11.8. The molecule has 222 valence electrons. The number of benzene rings is 3. The molecule has 0 spiro atoms. The van der Waals surface area contributed by atoms with Crippen LogP contribution in [0, 0.1) is 5.92 Å². The number of likely N-dealkylation sites (tertiary alicyclic amines) is 1. The number of primary amides is 1. The molecule has 1 saturated heterocycles. The number of carbonyl (C=O) groups is 2. The molecule has 2 heterocycles. The molecule has 3 aromatic rings. The number of nitrogens with zero attached hydrogens (tertiary/aromatic N) is 2. The van der Waals surface area contributed by atoms with Gasteiger partial charge in [0.2, 0.25) is 11.8 Å². The zero-order valence-electron chi connectivity index (χ0n) is 24.8. The van der Waals surface area contributed by atoms with Gasteiger partial charge in [0.15, 0.2) is 11.5 Å². The largest absolute Gasteiger partial charge is 0.493 e. The Bertz CT molecular complexity index is 1420. The molecule has 3 atom stereocenters. The molecule has 3 unspecified atom stereocenters. The Balaban J connectivity index is 1.49. The van der Waals surface area contributed by atoms with Crippen LogP contribution in [0.5, 0.6) is 11.5 Å². The van der Waals surface area contributed by atoms with Crippen LogP contribution in [0.25, 0.3) is 0 Å². The highest BCUT2D eigenvalue weighted by Crippen LogP contribution is 2.44. The van der Waals surface area contributed by atoms with E-state index < -0.39 is 0 Å². The van der Waals surface area contributed by atoms with Gasteiger partial charge in [-0.3, -0.25) is 14.5 Å². The number of hydrogen-bond acceptors (Lipinski definition) is 5. The lowest BCUT2D eigenvalue weighted by Gasteiger charge is -2.38. The molecule has 0 aliphatic carbocycles. The van der Waals surface area contributed by atoms with Crippen molar-refractivity contribution in [3.63, 3.8) is 0 Å². The fraction of sp³-hybridized carbons (Fsp3) is 0.412. The number of halogens is 1. The Labute approximate surface area is 253 Å². The average Bonchev–Trinajstić information content (AvgIpc) is 3.00. The van der Waals surface area contributed by atoms with Crippen molar-refractivity contribution in [1.82, 2.24) is 4.90 Å². The third-order valence-electron chi connectivity index (χ3n) is 8.81. The van der Waals surface area contributed by atoms with Gasteiger partial charge in [-0.25, -0.2) is 0 Å². The van der Waals surface area contributed by atoms with Gasteiger partial charge in [0, 0.05) is 22.7 Å². The fourth-order valence-electron chi connectivity index (χ4n) is 6.07. The zero-order valence-corrected chi connectivity index (χ0v) is 25.6. The van der Waals surface area contributed by atoms with Crippen molar-refractivity contribution in [2.75, 3.05) is 25.1 Å². The maximum atomic E-state index is 13.9. The van der Waals surface area contributed by atoms with Crippen molar-refractivity contribution in [2.24, 2.45) is 11.7 Å². The maximum absolute atomic E-state index is 13.9. The molecule has 3 aromatic carbocycles. The van der Waals surface area contributed by atoms with Crippen LogP contribution in [-0.4, -0.2) is 43.0 Å². The number of amides is 2. The lowest BCUT2D eigenvalue weighted by molar-refractivity contribution is -0.123. The van der Waals surface area contributed by atoms with Crippen LogP contribution in [0.15, 0.2) is 60.7 Å². The molecule has 5 rings (SSSR count). The molecule has 2 aliphatic rings. The Morgan fingerprint density at radius 1 is 1.02 bits per heavy atom. The first-order chi connectivity index (χ1) is 20.2. The smallest absolute Gasteiger partial charge is 0.232 e. The highest BCUT2D eigenvalue weighted by atomic mass is 35.5. The minimum Gasteiger partial charge on any atom is -0.493 e. The topological polar surface area (TPSA) is 85.1 Å². The number of methoxy groups -OCH3 is 1. The third-order valence-corrected chi connectivity index (χ3v) is 9.06. The molecule has 0 aromatic heterocycles. The van der Waals surface area contributed by atoms with Gasteiger partial charge < -0.3 is 20.1 Å². The summed E-state index contributed by atoms with van der Waals surface area (Å²) < 4.78 is 11.9. The van der Waals surface area contributed by atoms with Crippen molar-refractivity contribution in [1.29, 1.82) is 0 Å². The molecule has 2 amide bonds. The van der Waals surface area contributed by atoms with E-state index in [4.69, 9.17) is 26.8 Å². The average molecular weight is 590 g/mol. The highest BCUT2D eigenvalue weighted by Gasteiger charge is 2.36. The van der Waals surface area contributed by atoms with Gasteiger partial charge >= 0.3 is 0 Å². The molecule has 8 heteroatoms. The summed E-state index contributed by atoms with van der Waals surface area (Å²) in [6.45, 7) is 7.97. The van der Waals surface area contributed by atoms with Crippen molar-refractivity contribution < 1.29 is 19.1 Å². The Morgan fingerprint density at radius 3 is 2.29 bits per heavy atom. The first-order valence-electron chi connectivity index (χ1n) is 14.8. The molecule has 7 nitrogen and oxygen atoms in total. The number of hydrogen-bond donors (Lipinski definition) is 1. The van der Waals surface area contributed by atoms with Crippen LogP contribution in [0.1, 0.15) is 74.4 Å². The summed E-state index contributed by atoms with van der Waals surface area (Å²) in [5.41, 5.74) is 10.4. The van der Waals surface area contributed by atoms with E-state index in [1.165, 1.54) is 0 Å². The Morgan fingerprint density at radius 2 is 1.69 bits per heavy atom. The monoisotopic (exact) mass is 589 g/mol. The van der Waals surface area contributed by atoms with Crippen LogP contribution in [0.2, 0.25) is 5.02 Å². The summed E-state index contributed by atoms with van der Waals surface area (Å²) in [5, 5.41) is 0.640. The lowest BCUT2D eigenvalue weighted by atomic mass is 9.86. The normalized spacial score (nSPS) is 19.2. The van der Waals surface area contributed by atoms with Gasteiger partial charge in [-0.15, -0.1) is 0 Å². The molecule has 42 heavy (non-hydrogen) atoms. The number of piperidine rings is 1. The molecule has 2 N–H and O–H groups in total. The molecule has 0 bridgehead atoms. The molecular formula is C34H40ClN3O4. The van der Waals surface area contributed by atoms with E-state index in [0.29, 0.717) is 16.5 Å². The second kappa shape index (κ2) is 12.8. The third kappa shape index (κ3) is 6.13. The van der Waals surface area contributed by atoms with E-state index in [1.807, 2.05) is 60.4 Å². The summed E-state index contributed by atoms with van der Waals surface area (Å²) in [5.74, 6) is 1.07. The molecule has 0 radical (unpaired) electrons. The van der Waals surface area contributed by atoms with Crippen LogP contribution in [0.3, 0.4) is 0 Å². The van der Waals surface area contributed by atoms with E-state index in [9.17, 15) is 9.59 Å². The van der Waals surface area contributed by atoms with E-state index in [1.54, 1.807) is 7.11 Å². The van der Waals surface area contributed by atoms with Crippen LogP contribution in [-0.2, 0) is 16.0 Å². The SMILES string of the molecule is CCC(C)Oc1cc2c(cc1OC)CC(=O)N(c1ccc(C(C)N3CCC(C(N)=O)CC3)cc1)C2c1ccc(Cl)cc1. The number of carbonyl (C=O) groups excluding carboxylic acids is 2. The number of nitrogens with two attached hydrogens (primary N) is 1. The molecule has 0 saturated carbocycles. The Kier molecular flexibility index (Phi) is 9.09. The van der Waals surface area contributed by atoms with Crippen LogP contribution in [0.4, 0.5) is 5.69 Å². The van der Waals surface area contributed by atoms with Gasteiger partial charge in [-0.05, 0) is 105 Å². The molecule has 1 fully saturated rings. The summed E-state index contributed by atoms with van der Waals surface area (Å²) in [7, 11) is 1.63. The number of rotatable bonds is 9. The minimum absolute atomic E-state index is 0.00872. The quantitative estimate of drug-likeness (QED) is 0.309. The lowest BCUT2D eigenvalue weighted by Crippen LogP contribution is -2.41. The van der Waals surface area contributed by atoms with Gasteiger partial charge in [0.25, 0.3) is 0 Å². The van der Waals surface area contributed by atoms with Crippen LogP contribution >= 0.6 is 11.6 Å². The minimum atomic E-state index is -0.361. The Hall–Kier alpha value is -3.55. The van der Waals surface area contributed by atoms with Gasteiger partial charge in [0.05, 0.1) is 25.7 Å². The number of ether oxygens (including phenoxy) is 2. The van der Waals surface area contributed by atoms with Crippen molar-refractivity contribution in [3.8, 4) is 11.5 Å². The molecular weight excluding hydrogens is 550 g/mol. The maximum Gasteiger partial charge on any atom is 0.232 e. The second-order valence-electron chi connectivity index (χ2n) is 11.4. The highest BCUT2D eigenvalue weighted by molar-refractivity contribution is 6.30. The summed E-state index contributed by atoms with van der Waals surface area (Å²) in [6.07, 6.45) is 2.71. The van der Waals surface area contributed by atoms with Gasteiger partial charge in [0.1, 0.15) is 0 Å². The number of fused-ring (bicyclic) bond motifs is 1. The fourth-order valence-corrected chi connectivity index (χ4v) is 6.20.